The number of urea groups is 1. The van der Waals surface area contributed by atoms with Crippen LogP contribution in [0.2, 0.25) is 5.02 Å². The minimum atomic E-state index is -0.298. The monoisotopic (exact) mass is 390 g/mol. The molecule has 1 aliphatic rings. The Morgan fingerprint density at radius 1 is 1.22 bits per heavy atom. The summed E-state index contributed by atoms with van der Waals surface area (Å²) in [6.45, 7) is 6.26. The summed E-state index contributed by atoms with van der Waals surface area (Å²) in [7, 11) is 0. The van der Waals surface area contributed by atoms with Gasteiger partial charge in [-0.2, -0.15) is 4.98 Å². The third kappa shape index (κ3) is 5.45. The molecule has 1 N–H and O–H groups in total. The van der Waals surface area contributed by atoms with E-state index in [-0.39, 0.29) is 17.6 Å². The van der Waals surface area contributed by atoms with Crippen molar-refractivity contribution in [3.05, 3.63) is 35.2 Å². The van der Waals surface area contributed by atoms with E-state index in [1.807, 2.05) is 37.8 Å². The number of nitrogens with one attached hydrogen (secondary N) is 1. The molecule has 0 aliphatic heterocycles. The zero-order chi connectivity index (χ0) is 19.4. The van der Waals surface area contributed by atoms with Crippen LogP contribution in [-0.4, -0.2) is 32.7 Å². The summed E-state index contributed by atoms with van der Waals surface area (Å²) in [6, 6.07) is 7.40. The Labute approximate surface area is 165 Å². The van der Waals surface area contributed by atoms with Crippen molar-refractivity contribution >= 4 is 17.6 Å². The molecule has 0 bridgehead atoms. The van der Waals surface area contributed by atoms with Crippen molar-refractivity contribution in [3.63, 3.8) is 0 Å². The Morgan fingerprint density at radius 2 is 1.89 bits per heavy atom. The smallest absolute Gasteiger partial charge is 0.318 e. The molecule has 1 fully saturated rings. The van der Waals surface area contributed by atoms with Crippen molar-refractivity contribution in [2.45, 2.75) is 71.0 Å². The maximum absolute atomic E-state index is 12.9. The van der Waals surface area contributed by atoms with Gasteiger partial charge in [-0.1, -0.05) is 36.0 Å². The predicted molar refractivity (Wildman–Crippen MR) is 105 cm³/mol. The number of benzene rings is 1. The van der Waals surface area contributed by atoms with Crippen LogP contribution in [-0.2, 0) is 6.54 Å². The molecule has 0 saturated heterocycles. The number of halogens is 1. The summed E-state index contributed by atoms with van der Waals surface area (Å²) in [5.74, 6) is 0.941. The molecular weight excluding hydrogens is 364 g/mol. The average molecular weight is 391 g/mol. The van der Waals surface area contributed by atoms with Gasteiger partial charge in [0.1, 0.15) is 6.54 Å². The molecule has 7 heteroatoms. The number of amides is 2. The Balaban J connectivity index is 1.77. The number of nitrogens with zero attached hydrogens (tertiary/aromatic N) is 3. The second-order valence-electron chi connectivity index (χ2n) is 8.12. The molecule has 1 heterocycles. The molecule has 146 valence electrons. The van der Waals surface area contributed by atoms with Gasteiger partial charge in [-0.15, -0.1) is 0 Å². The van der Waals surface area contributed by atoms with Crippen molar-refractivity contribution in [1.82, 2.24) is 20.4 Å². The molecule has 0 spiro atoms. The fraction of sp³-hybridized carbons (Fsp3) is 0.550. The summed E-state index contributed by atoms with van der Waals surface area (Å²) in [4.78, 5) is 19.2. The number of carbonyl (C=O) groups excluding carboxylic acids is 1. The van der Waals surface area contributed by atoms with E-state index in [0.717, 1.165) is 31.2 Å². The SMILES string of the molecule is CC(C)(C)NC(=O)N(Cc1nc(-c2ccc(Cl)cc2)no1)C1CCCCC1. The Kier molecular flexibility index (Phi) is 6.05. The predicted octanol–water partition coefficient (Wildman–Crippen LogP) is 5.03. The van der Waals surface area contributed by atoms with Crippen LogP contribution < -0.4 is 5.32 Å². The van der Waals surface area contributed by atoms with Crippen LogP contribution in [0, 0.1) is 0 Å². The van der Waals surface area contributed by atoms with E-state index in [0.29, 0.717) is 23.3 Å². The Bertz CT molecular complexity index is 761. The van der Waals surface area contributed by atoms with Crippen molar-refractivity contribution in [1.29, 1.82) is 0 Å². The summed E-state index contributed by atoms with van der Waals surface area (Å²) in [5.41, 5.74) is 0.533. The number of aromatic nitrogens is 2. The lowest BCUT2D eigenvalue weighted by Gasteiger charge is -2.35. The van der Waals surface area contributed by atoms with E-state index in [2.05, 4.69) is 15.5 Å². The summed E-state index contributed by atoms with van der Waals surface area (Å²) < 4.78 is 5.44. The lowest BCUT2D eigenvalue weighted by atomic mass is 9.94. The topological polar surface area (TPSA) is 71.3 Å². The van der Waals surface area contributed by atoms with E-state index in [1.165, 1.54) is 6.42 Å². The molecule has 6 nitrogen and oxygen atoms in total. The van der Waals surface area contributed by atoms with Gasteiger partial charge in [0, 0.05) is 22.2 Å². The highest BCUT2D eigenvalue weighted by Gasteiger charge is 2.29. The molecule has 2 amide bonds. The highest BCUT2D eigenvalue weighted by Crippen LogP contribution is 2.25. The highest BCUT2D eigenvalue weighted by molar-refractivity contribution is 6.30. The molecule has 0 unspecified atom stereocenters. The van der Waals surface area contributed by atoms with Crippen molar-refractivity contribution in [2.24, 2.45) is 0 Å². The van der Waals surface area contributed by atoms with E-state index < -0.39 is 0 Å². The lowest BCUT2D eigenvalue weighted by Crippen LogP contribution is -2.52. The van der Waals surface area contributed by atoms with Crippen LogP contribution in [0.25, 0.3) is 11.4 Å². The Morgan fingerprint density at radius 3 is 2.52 bits per heavy atom. The lowest BCUT2D eigenvalue weighted by molar-refractivity contribution is 0.134. The zero-order valence-electron chi connectivity index (χ0n) is 16.2. The fourth-order valence-corrected chi connectivity index (χ4v) is 3.46. The van der Waals surface area contributed by atoms with Crippen LogP contribution >= 0.6 is 11.6 Å². The molecule has 2 aromatic rings. The number of hydrogen-bond acceptors (Lipinski definition) is 4. The second kappa shape index (κ2) is 8.30. The third-order valence-corrected chi connectivity index (χ3v) is 4.89. The molecule has 1 saturated carbocycles. The van der Waals surface area contributed by atoms with Crippen LogP contribution in [0.5, 0.6) is 0 Å². The zero-order valence-corrected chi connectivity index (χ0v) is 16.9. The number of rotatable bonds is 4. The van der Waals surface area contributed by atoms with E-state index >= 15 is 0 Å². The van der Waals surface area contributed by atoms with Gasteiger partial charge >= 0.3 is 6.03 Å². The second-order valence-corrected chi connectivity index (χ2v) is 8.55. The van der Waals surface area contributed by atoms with Crippen LogP contribution in [0.4, 0.5) is 4.79 Å². The summed E-state index contributed by atoms with van der Waals surface area (Å²) in [5, 5.41) is 7.78. The summed E-state index contributed by atoms with van der Waals surface area (Å²) >= 11 is 5.93. The third-order valence-electron chi connectivity index (χ3n) is 4.63. The molecule has 0 atom stereocenters. The quantitative estimate of drug-likeness (QED) is 0.794. The van der Waals surface area contributed by atoms with Crippen LogP contribution in [0.3, 0.4) is 0 Å². The van der Waals surface area contributed by atoms with Crippen molar-refractivity contribution in [3.8, 4) is 11.4 Å². The van der Waals surface area contributed by atoms with Gasteiger partial charge in [-0.3, -0.25) is 0 Å². The fourth-order valence-electron chi connectivity index (χ4n) is 3.33. The van der Waals surface area contributed by atoms with Gasteiger partial charge < -0.3 is 14.7 Å². The van der Waals surface area contributed by atoms with Gasteiger partial charge in [-0.25, -0.2) is 4.79 Å². The maximum atomic E-state index is 12.9. The van der Waals surface area contributed by atoms with Gasteiger partial charge in [0.15, 0.2) is 0 Å². The minimum absolute atomic E-state index is 0.0827. The molecule has 27 heavy (non-hydrogen) atoms. The summed E-state index contributed by atoms with van der Waals surface area (Å²) in [6.07, 6.45) is 5.53. The van der Waals surface area contributed by atoms with Crippen LogP contribution in [0.1, 0.15) is 58.8 Å². The number of carbonyl (C=O) groups is 1. The van der Waals surface area contributed by atoms with Gasteiger partial charge in [0.05, 0.1) is 0 Å². The molecule has 0 radical (unpaired) electrons. The molecule has 1 aliphatic carbocycles. The standard InChI is InChI=1S/C20H27ClN4O2/c1-20(2,3)23-19(26)25(16-7-5-4-6-8-16)13-17-22-18(24-27-17)14-9-11-15(21)12-10-14/h9-12,16H,4-8,13H2,1-3H3,(H,23,26). The first kappa shape index (κ1) is 19.7. The normalized spacial score (nSPS) is 15.6. The largest absolute Gasteiger partial charge is 0.337 e. The highest BCUT2D eigenvalue weighted by atomic mass is 35.5. The van der Waals surface area contributed by atoms with Crippen molar-refractivity contribution in [2.75, 3.05) is 0 Å². The number of hydrogen-bond donors (Lipinski definition) is 1. The van der Waals surface area contributed by atoms with E-state index in [4.69, 9.17) is 16.1 Å². The first-order chi connectivity index (χ1) is 12.8. The van der Waals surface area contributed by atoms with Crippen LogP contribution in [0.15, 0.2) is 28.8 Å². The van der Waals surface area contributed by atoms with Crippen molar-refractivity contribution < 1.29 is 9.32 Å². The first-order valence-corrected chi connectivity index (χ1v) is 9.87. The molecule has 1 aromatic carbocycles. The molecule has 3 rings (SSSR count). The Hall–Kier alpha value is -2.08. The van der Waals surface area contributed by atoms with E-state index in [1.54, 1.807) is 12.1 Å². The van der Waals surface area contributed by atoms with Gasteiger partial charge in [0.25, 0.3) is 0 Å². The average Bonchev–Trinajstić information content (AvgIpc) is 3.08. The van der Waals surface area contributed by atoms with E-state index in [9.17, 15) is 4.79 Å². The maximum Gasteiger partial charge on any atom is 0.318 e. The first-order valence-electron chi connectivity index (χ1n) is 9.49. The molecule has 1 aromatic heterocycles. The molecular formula is C20H27ClN4O2. The van der Waals surface area contributed by atoms with Gasteiger partial charge in [0.2, 0.25) is 11.7 Å². The minimum Gasteiger partial charge on any atom is -0.337 e. The van der Waals surface area contributed by atoms with Gasteiger partial charge in [-0.05, 0) is 57.9 Å².